The average Bonchev–Trinajstić information content (AvgIpc) is 3.55. The number of aldehydes is 1. The maximum Gasteiger partial charge on any atom is 0.446 e. The summed E-state index contributed by atoms with van der Waals surface area (Å²) in [5, 5.41) is 12.0. The van der Waals surface area contributed by atoms with Crippen molar-refractivity contribution in [1.82, 2.24) is 15.1 Å². The molecule has 0 bridgehead atoms. The summed E-state index contributed by atoms with van der Waals surface area (Å²) < 4.78 is 36.7. The summed E-state index contributed by atoms with van der Waals surface area (Å²) in [6.45, 7) is 6.69. The van der Waals surface area contributed by atoms with E-state index in [0.717, 1.165) is 72.7 Å². The number of aromatic amines is 1. The quantitative estimate of drug-likeness (QED) is 0.280. The van der Waals surface area contributed by atoms with E-state index in [0.29, 0.717) is 0 Å². The third-order valence-electron chi connectivity index (χ3n) is 8.35. The lowest BCUT2D eigenvalue weighted by molar-refractivity contribution is -0.156. The molecule has 7 rings (SSSR count). The largest absolute Gasteiger partial charge is 0.446 e. The van der Waals surface area contributed by atoms with Crippen LogP contribution in [0.1, 0.15) is 45.8 Å². The topological polar surface area (TPSA) is 87.3 Å². The molecule has 1 amide bonds. The molecule has 1 saturated heterocycles. The van der Waals surface area contributed by atoms with Crippen LogP contribution >= 0.6 is 0 Å². The number of hydrogen-bond acceptors (Lipinski definition) is 5. The molecular weight excluding hydrogens is 557 g/mol. The molecular formula is C33H31F3N4O3. The molecule has 0 unspecified atom stereocenters. The molecule has 4 aromatic rings. The van der Waals surface area contributed by atoms with Crippen LogP contribution in [0.15, 0.2) is 60.7 Å². The Morgan fingerprint density at radius 1 is 1.05 bits per heavy atom. The number of ether oxygens (including phenoxy) is 1. The number of halogens is 3. The lowest BCUT2D eigenvalue weighted by Gasteiger charge is -2.26. The van der Waals surface area contributed by atoms with Crippen LogP contribution in [0.3, 0.4) is 0 Å². The fourth-order valence-corrected chi connectivity index (χ4v) is 6.04. The standard InChI is InChI=1S/C31H30N4O2.C2HF3O/c1-20-2-10-28-25(16-20)31(30(36)32-28)18-26(31)23-8-9-24-27(33-34-29(24)17-23)11-7-21-3-5-22(6-4-21)19-35-12-14-37-15-13-35;3-2(4,5)1-6/h2-11,16-17,26H,12-15,18-19H2,1H3,(H,32,36)(H,33,34);1H/b11-7+;/t26-,31-;/m0./s1. The number of rotatable bonds is 5. The summed E-state index contributed by atoms with van der Waals surface area (Å²) in [7, 11) is 0. The van der Waals surface area contributed by atoms with E-state index in [1.807, 2.05) is 6.07 Å². The normalized spacial score (nSPS) is 21.5. The predicted molar refractivity (Wildman–Crippen MR) is 159 cm³/mol. The number of nitrogens with one attached hydrogen (secondary N) is 2. The molecule has 1 aromatic heterocycles. The number of anilines is 1. The molecule has 222 valence electrons. The summed E-state index contributed by atoms with van der Waals surface area (Å²) in [5.74, 6) is 0.320. The van der Waals surface area contributed by atoms with Gasteiger partial charge in [0.25, 0.3) is 0 Å². The maximum absolute atomic E-state index is 13.0. The summed E-state index contributed by atoms with van der Waals surface area (Å²) >= 11 is 0. The number of aryl methyl sites for hydroxylation is 1. The van der Waals surface area contributed by atoms with Gasteiger partial charge in [0, 0.05) is 36.6 Å². The second kappa shape index (κ2) is 11.4. The number of morpholine rings is 1. The van der Waals surface area contributed by atoms with Gasteiger partial charge >= 0.3 is 6.18 Å². The molecule has 10 heteroatoms. The first-order chi connectivity index (χ1) is 20.7. The van der Waals surface area contributed by atoms with E-state index < -0.39 is 17.9 Å². The van der Waals surface area contributed by atoms with Crippen LogP contribution in [0.2, 0.25) is 0 Å². The first-order valence-corrected chi connectivity index (χ1v) is 14.2. The maximum atomic E-state index is 13.0. The van der Waals surface area contributed by atoms with Gasteiger partial charge in [0.15, 0.2) is 0 Å². The van der Waals surface area contributed by atoms with Gasteiger partial charge in [-0.25, -0.2) is 0 Å². The monoisotopic (exact) mass is 588 g/mol. The van der Waals surface area contributed by atoms with E-state index in [9.17, 15) is 18.0 Å². The van der Waals surface area contributed by atoms with Crippen molar-refractivity contribution in [1.29, 1.82) is 0 Å². The van der Waals surface area contributed by atoms with Gasteiger partial charge in [0.1, 0.15) is 0 Å². The fourth-order valence-electron chi connectivity index (χ4n) is 6.04. The Kier molecular flexibility index (Phi) is 7.66. The van der Waals surface area contributed by atoms with Crippen LogP contribution in [0.25, 0.3) is 23.1 Å². The van der Waals surface area contributed by atoms with Gasteiger partial charge in [0.05, 0.1) is 29.8 Å². The lowest BCUT2D eigenvalue weighted by Crippen LogP contribution is -2.35. The molecule has 2 atom stereocenters. The van der Waals surface area contributed by atoms with E-state index in [1.54, 1.807) is 0 Å². The SMILES string of the molecule is Cc1ccc2c(c1)[C@]1(C[C@H]1c1ccc3c(/C=C/c4ccc(CN5CCOCC5)cc4)n[nH]c3c1)C(=O)N2.O=CC(F)(F)F. The Morgan fingerprint density at radius 3 is 2.51 bits per heavy atom. The highest BCUT2D eigenvalue weighted by atomic mass is 19.4. The number of H-pyrrole nitrogens is 1. The Hall–Kier alpha value is -4.28. The van der Waals surface area contributed by atoms with Crippen LogP contribution in [-0.4, -0.2) is 59.8 Å². The van der Waals surface area contributed by atoms with E-state index in [2.05, 4.69) is 94.1 Å². The van der Waals surface area contributed by atoms with Crippen molar-refractivity contribution >= 4 is 40.9 Å². The highest BCUT2D eigenvalue weighted by molar-refractivity contribution is 6.10. The molecule has 43 heavy (non-hydrogen) atoms. The van der Waals surface area contributed by atoms with Gasteiger partial charge in [0.2, 0.25) is 12.2 Å². The average molecular weight is 589 g/mol. The number of alkyl halides is 3. The molecule has 2 aliphatic heterocycles. The molecule has 0 radical (unpaired) electrons. The second-order valence-corrected chi connectivity index (χ2v) is 11.3. The molecule has 2 fully saturated rings. The molecule has 2 N–H and O–H groups in total. The number of hydrogen-bond donors (Lipinski definition) is 2. The summed E-state index contributed by atoms with van der Waals surface area (Å²) in [6, 6.07) is 21.5. The number of aromatic nitrogens is 2. The van der Waals surface area contributed by atoms with Crippen molar-refractivity contribution in [3.05, 3.63) is 94.2 Å². The Bertz CT molecular complexity index is 1690. The van der Waals surface area contributed by atoms with Crippen LogP contribution in [-0.2, 0) is 26.3 Å². The molecule has 3 aliphatic rings. The minimum atomic E-state index is -4.64. The molecule has 1 spiro atoms. The van der Waals surface area contributed by atoms with Crippen molar-refractivity contribution < 1.29 is 27.5 Å². The molecule has 1 aliphatic carbocycles. The Morgan fingerprint density at radius 2 is 1.79 bits per heavy atom. The van der Waals surface area contributed by atoms with Crippen LogP contribution in [0.5, 0.6) is 0 Å². The highest BCUT2D eigenvalue weighted by Gasteiger charge is 2.65. The molecule has 1 saturated carbocycles. The number of carbonyl (C=O) groups is 2. The smallest absolute Gasteiger partial charge is 0.379 e. The van der Waals surface area contributed by atoms with Crippen molar-refractivity contribution in [2.24, 2.45) is 0 Å². The van der Waals surface area contributed by atoms with E-state index in [4.69, 9.17) is 9.53 Å². The molecule has 3 aromatic carbocycles. The van der Waals surface area contributed by atoms with Gasteiger partial charge in [-0.3, -0.25) is 19.6 Å². The van der Waals surface area contributed by atoms with Crippen LogP contribution < -0.4 is 5.32 Å². The first kappa shape index (κ1) is 28.8. The number of amides is 1. The number of nitrogens with zero attached hydrogens (tertiary/aromatic N) is 2. The molecule has 3 heterocycles. The van der Waals surface area contributed by atoms with E-state index in [1.165, 1.54) is 16.7 Å². The van der Waals surface area contributed by atoms with Gasteiger partial charge in [-0.1, -0.05) is 60.2 Å². The van der Waals surface area contributed by atoms with Gasteiger partial charge in [-0.2, -0.15) is 18.3 Å². The van der Waals surface area contributed by atoms with E-state index in [-0.39, 0.29) is 11.8 Å². The predicted octanol–water partition coefficient (Wildman–Crippen LogP) is 6.00. The van der Waals surface area contributed by atoms with Crippen LogP contribution in [0, 0.1) is 6.92 Å². The van der Waals surface area contributed by atoms with Gasteiger partial charge < -0.3 is 10.1 Å². The second-order valence-electron chi connectivity index (χ2n) is 11.3. The van der Waals surface area contributed by atoms with E-state index >= 15 is 0 Å². The third kappa shape index (κ3) is 5.98. The van der Waals surface area contributed by atoms with Crippen molar-refractivity contribution in [3.8, 4) is 0 Å². The highest BCUT2D eigenvalue weighted by Crippen LogP contribution is 2.65. The summed E-state index contributed by atoms with van der Waals surface area (Å²) in [5.41, 5.74) is 8.45. The lowest BCUT2D eigenvalue weighted by atomic mass is 9.91. The van der Waals surface area contributed by atoms with Crippen molar-refractivity contribution in [2.75, 3.05) is 31.6 Å². The minimum Gasteiger partial charge on any atom is -0.379 e. The minimum absolute atomic E-state index is 0.127. The zero-order chi connectivity index (χ0) is 30.2. The number of carbonyl (C=O) groups excluding carboxylic acids is 2. The Labute approximate surface area is 246 Å². The Balaban J connectivity index is 0.000000501. The summed E-state index contributed by atoms with van der Waals surface area (Å²) in [6.07, 6.45) is -0.673. The van der Waals surface area contributed by atoms with Crippen LogP contribution in [0.4, 0.5) is 18.9 Å². The van der Waals surface area contributed by atoms with Crippen molar-refractivity contribution in [3.63, 3.8) is 0 Å². The summed E-state index contributed by atoms with van der Waals surface area (Å²) in [4.78, 5) is 24.1. The zero-order valence-electron chi connectivity index (χ0n) is 23.6. The van der Waals surface area contributed by atoms with Gasteiger partial charge in [-0.05, 0) is 53.8 Å². The molecule has 7 nitrogen and oxygen atoms in total. The fraction of sp³-hybridized carbons (Fsp3) is 0.303. The third-order valence-corrected chi connectivity index (χ3v) is 8.35. The van der Waals surface area contributed by atoms with Gasteiger partial charge in [-0.15, -0.1) is 0 Å². The van der Waals surface area contributed by atoms with Crippen molar-refractivity contribution in [2.45, 2.75) is 37.4 Å². The zero-order valence-corrected chi connectivity index (χ0v) is 23.6. The first-order valence-electron chi connectivity index (χ1n) is 14.2. The number of benzene rings is 3. The number of fused-ring (bicyclic) bond motifs is 3.